The molecular weight excluding hydrogens is 385 g/mol. The molecule has 7 heteroatoms. The maximum atomic E-state index is 13.5. The maximum Gasteiger partial charge on any atom is 0.197 e. The summed E-state index contributed by atoms with van der Waals surface area (Å²) in [5.74, 6) is -0.389. The zero-order valence-electron chi connectivity index (χ0n) is 9.44. The van der Waals surface area contributed by atoms with Crippen molar-refractivity contribution in [2.24, 2.45) is 0 Å². The Hall–Kier alpha value is -0.960. The molecule has 4 N–H and O–H groups in total. The van der Waals surface area contributed by atoms with Gasteiger partial charge in [-0.05, 0) is 40.8 Å². The Bertz CT molecular complexity index is 637. The Morgan fingerprint density at radius 1 is 1.32 bits per heavy atom. The minimum atomic E-state index is -1.84. The summed E-state index contributed by atoms with van der Waals surface area (Å²) >= 11 is 7.69. The third-order valence-corrected chi connectivity index (χ3v) is 3.76. The van der Waals surface area contributed by atoms with E-state index in [2.05, 4.69) is 4.98 Å². The largest absolute Gasteiger partial charge is 0.397 e. The lowest BCUT2D eigenvalue weighted by Gasteiger charge is -2.11. The lowest BCUT2D eigenvalue weighted by molar-refractivity contribution is -0.0456. The molecule has 0 aliphatic carbocycles. The van der Waals surface area contributed by atoms with Crippen LogP contribution in [0.4, 0.5) is 10.1 Å². The van der Waals surface area contributed by atoms with E-state index in [0.717, 1.165) is 0 Å². The van der Waals surface area contributed by atoms with Gasteiger partial charge in [0.05, 0.1) is 16.4 Å². The minimum Gasteiger partial charge on any atom is -0.397 e. The molecule has 1 heterocycles. The van der Waals surface area contributed by atoms with E-state index in [9.17, 15) is 14.6 Å². The van der Waals surface area contributed by atoms with Crippen molar-refractivity contribution < 1.29 is 14.6 Å². The van der Waals surface area contributed by atoms with Crippen LogP contribution >= 0.6 is 34.2 Å². The predicted octanol–water partition coefficient (Wildman–Crippen LogP) is 2.71. The standard InChI is InChI=1S/C12H9ClFIN2O2/c13-10-8(16)4-9(17-11(10)12(18)19)5-1-2-7(15)6(14)3-5/h1-4,12,18-19H,(H2,16,17). The molecule has 0 saturated heterocycles. The SMILES string of the molecule is Nc1cc(-c2ccc(I)c(F)c2)nc(C(O)O)c1Cl. The molecule has 0 radical (unpaired) electrons. The number of nitrogens with two attached hydrogens (primary N) is 1. The Labute approximate surface area is 127 Å². The maximum absolute atomic E-state index is 13.5. The molecule has 0 aliphatic rings. The molecule has 19 heavy (non-hydrogen) atoms. The first-order valence-corrected chi connectivity index (χ1v) is 6.63. The van der Waals surface area contributed by atoms with Crippen LogP contribution in [-0.4, -0.2) is 15.2 Å². The highest BCUT2D eigenvalue weighted by Crippen LogP contribution is 2.31. The number of nitrogens with zero attached hydrogens (tertiary/aromatic N) is 1. The average Bonchev–Trinajstić information content (AvgIpc) is 2.35. The van der Waals surface area contributed by atoms with Gasteiger partial charge in [-0.2, -0.15) is 0 Å². The van der Waals surface area contributed by atoms with E-state index in [1.807, 2.05) is 22.6 Å². The molecule has 2 rings (SSSR count). The molecule has 0 unspecified atom stereocenters. The second-order valence-electron chi connectivity index (χ2n) is 3.80. The van der Waals surface area contributed by atoms with Gasteiger partial charge in [0.25, 0.3) is 0 Å². The van der Waals surface area contributed by atoms with Gasteiger partial charge < -0.3 is 15.9 Å². The van der Waals surface area contributed by atoms with Crippen LogP contribution in [0.1, 0.15) is 12.0 Å². The van der Waals surface area contributed by atoms with Gasteiger partial charge >= 0.3 is 0 Å². The summed E-state index contributed by atoms with van der Waals surface area (Å²) in [4.78, 5) is 3.99. The molecule has 1 aromatic heterocycles. The summed E-state index contributed by atoms with van der Waals surface area (Å²) in [6, 6.07) is 6.00. The molecule has 100 valence electrons. The second kappa shape index (κ2) is 5.58. The first-order valence-electron chi connectivity index (χ1n) is 5.17. The van der Waals surface area contributed by atoms with E-state index in [1.165, 1.54) is 12.1 Å². The van der Waals surface area contributed by atoms with Crippen LogP contribution < -0.4 is 5.73 Å². The number of halogens is 3. The zero-order chi connectivity index (χ0) is 14.2. The van der Waals surface area contributed by atoms with Crippen LogP contribution in [0.3, 0.4) is 0 Å². The number of aliphatic hydroxyl groups excluding tert-OH is 1. The van der Waals surface area contributed by atoms with Gasteiger partial charge in [0.2, 0.25) is 0 Å². The first-order chi connectivity index (χ1) is 8.90. The highest BCUT2D eigenvalue weighted by atomic mass is 127. The number of benzene rings is 1. The number of aromatic nitrogens is 1. The van der Waals surface area contributed by atoms with Crippen LogP contribution in [0.2, 0.25) is 5.02 Å². The number of aliphatic hydroxyl groups is 2. The van der Waals surface area contributed by atoms with Crippen molar-refractivity contribution in [1.29, 1.82) is 0 Å². The highest BCUT2D eigenvalue weighted by molar-refractivity contribution is 14.1. The van der Waals surface area contributed by atoms with E-state index in [1.54, 1.807) is 12.1 Å². The molecule has 0 amide bonds. The van der Waals surface area contributed by atoms with Crippen LogP contribution in [0.5, 0.6) is 0 Å². The molecule has 0 spiro atoms. The van der Waals surface area contributed by atoms with Crippen molar-refractivity contribution in [3.8, 4) is 11.3 Å². The predicted molar refractivity (Wildman–Crippen MR) is 78.9 cm³/mol. The van der Waals surface area contributed by atoms with Gasteiger partial charge in [0, 0.05) is 9.13 Å². The number of pyridine rings is 1. The number of rotatable bonds is 2. The van der Waals surface area contributed by atoms with Crippen molar-refractivity contribution in [3.63, 3.8) is 0 Å². The first kappa shape index (κ1) is 14.4. The molecule has 4 nitrogen and oxygen atoms in total. The second-order valence-corrected chi connectivity index (χ2v) is 5.34. The molecule has 0 aliphatic heterocycles. The average molecular weight is 395 g/mol. The normalized spacial score (nSPS) is 11.1. The Balaban J connectivity index is 2.59. The molecule has 0 fully saturated rings. The fourth-order valence-corrected chi connectivity index (χ4v) is 2.07. The van der Waals surface area contributed by atoms with Gasteiger partial charge in [-0.1, -0.05) is 17.7 Å². The van der Waals surface area contributed by atoms with E-state index >= 15 is 0 Å². The third kappa shape index (κ3) is 2.97. The molecule has 0 bridgehead atoms. The van der Waals surface area contributed by atoms with E-state index in [4.69, 9.17) is 17.3 Å². The van der Waals surface area contributed by atoms with Gasteiger partial charge in [-0.15, -0.1) is 0 Å². The lowest BCUT2D eigenvalue weighted by atomic mass is 10.1. The van der Waals surface area contributed by atoms with Gasteiger partial charge in [-0.25, -0.2) is 9.37 Å². The van der Waals surface area contributed by atoms with E-state index in [0.29, 0.717) is 14.8 Å². The number of hydrogen-bond donors (Lipinski definition) is 3. The Morgan fingerprint density at radius 3 is 2.58 bits per heavy atom. The zero-order valence-corrected chi connectivity index (χ0v) is 12.4. The van der Waals surface area contributed by atoms with Gasteiger partial charge in [0.1, 0.15) is 11.5 Å². The van der Waals surface area contributed by atoms with Crippen LogP contribution in [0.25, 0.3) is 11.3 Å². The van der Waals surface area contributed by atoms with Crippen molar-refractivity contribution in [1.82, 2.24) is 4.98 Å². The topological polar surface area (TPSA) is 79.4 Å². The van der Waals surface area contributed by atoms with E-state index < -0.39 is 6.29 Å². The van der Waals surface area contributed by atoms with Gasteiger partial charge in [0.15, 0.2) is 6.29 Å². The van der Waals surface area contributed by atoms with Crippen LogP contribution in [0, 0.1) is 9.39 Å². The lowest BCUT2D eigenvalue weighted by Crippen LogP contribution is -2.04. The van der Waals surface area contributed by atoms with E-state index in [-0.39, 0.29) is 22.2 Å². The fourth-order valence-electron chi connectivity index (χ4n) is 1.54. The number of nitrogen functional groups attached to an aromatic ring is 1. The van der Waals surface area contributed by atoms with Crippen LogP contribution in [-0.2, 0) is 0 Å². The van der Waals surface area contributed by atoms with Crippen molar-refractivity contribution in [2.45, 2.75) is 6.29 Å². The summed E-state index contributed by atoms with van der Waals surface area (Å²) in [6.07, 6.45) is -1.84. The molecule has 0 saturated carbocycles. The third-order valence-electron chi connectivity index (χ3n) is 2.47. The summed E-state index contributed by atoms with van der Waals surface area (Å²) in [7, 11) is 0. The Morgan fingerprint density at radius 2 is 2.00 bits per heavy atom. The van der Waals surface area contributed by atoms with Gasteiger partial charge in [-0.3, -0.25) is 0 Å². The molecular formula is C12H9ClFIN2O2. The quantitative estimate of drug-likeness (QED) is 0.540. The van der Waals surface area contributed by atoms with Crippen LogP contribution in [0.15, 0.2) is 24.3 Å². The Kier molecular flexibility index (Phi) is 4.24. The monoisotopic (exact) mass is 394 g/mol. The summed E-state index contributed by atoms with van der Waals surface area (Å²) in [6.45, 7) is 0. The summed E-state index contributed by atoms with van der Waals surface area (Å²) < 4.78 is 14.0. The summed E-state index contributed by atoms with van der Waals surface area (Å²) in [5.41, 5.74) is 6.46. The molecule has 2 aromatic rings. The molecule has 1 aromatic carbocycles. The molecule has 0 atom stereocenters. The number of hydrogen-bond acceptors (Lipinski definition) is 4. The number of anilines is 1. The minimum absolute atomic E-state index is 0.0234. The highest BCUT2D eigenvalue weighted by Gasteiger charge is 2.16. The van der Waals surface area contributed by atoms with Crippen molar-refractivity contribution >= 4 is 39.9 Å². The smallest absolute Gasteiger partial charge is 0.197 e. The fraction of sp³-hybridized carbons (Fsp3) is 0.0833. The van der Waals surface area contributed by atoms with Crippen molar-refractivity contribution in [2.75, 3.05) is 5.73 Å². The summed E-state index contributed by atoms with van der Waals surface area (Å²) in [5, 5.41) is 18.3. The van der Waals surface area contributed by atoms with Crippen molar-refractivity contribution in [3.05, 3.63) is 44.4 Å².